The summed E-state index contributed by atoms with van der Waals surface area (Å²) in [5.41, 5.74) is 0.937. The highest BCUT2D eigenvalue weighted by Crippen LogP contribution is 2.16. The first-order valence-electron chi connectivity index (χ1n) is 7.89. The first-order valence-corrected chi connectivity index (χ1v) is 7.89. The molecule has 0 spiro atoms. The van der Waals surface area contributed by atoms with Gasteiger partial charge in [-0.05, 0) is 31.0 Å². The number of carbonyl (C=O) groups excluding carboxylic acids is 2. The maximum Gasteiger partial charge on any atom is 0.252 e. The highest BCUT2D eigenvalue weighted by molar-refractivity contribution is 5.90. The molecule has 2 rings (SSSR count). The van der Waals surface area contributed by atoms with E-state index >= 15 is 0 Å². The van der Waals surface area contributed by atoms with Gasteiger partial charge in [-0.25, -0.2) is 0 Å². The van der Waals surface area contributed by atoms with Crippen molar-refractivity contribution in [2.24, 2.45) is 0 Å². The lowest BCUT2D eigenvalue weighted by molar-refractivity contribution is -0.152. The van der Waals surface area contributed by atoms with E-state index in [1.807, 2.05) is 31.2 Å². The molecule has 6 nitrogen and oxygen atoms in total. The smallest absolute Gasteiger partial charge is 0.252 e. The fourth-order valence-electron chi connectivity index (χ4n) is 2.67. The fourth-order valence-corrected chi connectivity index (χ4v) is 2.67. The Balaban J connectivity index is 1.95. The van der Waals surface area contributed by atoms with Crippen LogP contribution in [0.4, 0.5) is 0 Å². The zero-order chi connectivity index (χ0) is 16.8. The molecule has 1 aromatic rings. The molecule has 23 heavy (non-hydrogen) atoms. The summed E-state index contributed by atoms with van der Waals surface area (Å²) in [5, 5.41) is 2.79. The minimum Gasteiger partial charge on any atom is -0.497 e. The van der Waals surface area contributed by atoms with Gasteiger partial charge in [0.2, 0.25) is 5.91 Å². The molecule has 1 heterocycles. The van der Waals surface area contributed by atoms with E-state index in [2.05, 4.69) is 5.32 Å². The molecule has 1 aromatic carbocycles. The van der Waals surface area contributed by atoms with E-state index in [1.165, 1.54) is 0 Å². The van der Waals surface area contributed by atoms with Crippen molar-refractivity contribution in [1.29, 1.82) is 0 Å². The summed E-state index contributed by atoms with van der Waals surface area (Å²) in [4.78, 5) is 26.0. The van der Waals surface area contributed by atoms with Gasteiger partial charge in [0, 0.05) is 13.1 Å². The summed E-state index contributed by atoms with van der Waals surface area (Å²) in [7, 11) is 1.61. The van der Waals surface area contributed by atoms with E-state index in [0.717, 1.165) is 11.3 Å². The van der Waals surface area contributed by atoms with Crippen molar-refractivity contribution in [3.8, 4) is 5.75 Å². The van der Waals surface area contributed by atoms with Crippen molar-refractivity contribution in [3.63, 3.8) is 0 Å². The van der Waals surface area contributed by atoms with Crippen LogP contribution in [0.25, 0.3) is 0 Å². The molecule has 0 radical (unpaired) electrons. The van der Waals surface area contributed by atoms with Crippen molar-refractivity contribution in [3.05, 3.63) is 29.8 Å². The molecule has 0 bridgehead atoms. The molecule has 1 N–H and O–H groups in total. The number of carbonyl (C=O) groups is 2. The van der Waals surface area contributed by atoms with Crippen LogP contribution in [-0.4, -0.2) is 49.1 Å². The summed E-state index contributed by atoms with van der Waals surface area (Å²) in [6, 6.07) is 7.13. The van der Waals surface area contributed by atoms with Crippen LogP contribution >= 0.6 is 0 Å². The number of rotatable bonds is 6. The molecular weight excluding hydrogens is 296 g/mol. The second-order valence-corrected chi connectivity index (χ2v) is 5.55. The Bertz CT molecular complexity index is 561. The van der Waals surface area contributed by atoms with Crippen LogP contribution in [0, 0.1) is 0 Å². The SMILES string of the molecule is CCC1C(=O)NCCN1C(=O)C(C)OCc1cccc(OC)c1. The van der Waals surface area contributed by atoms with Gasteiger partial charge in [-0.15, -0.1) is 0 Å². The Hall–Kier alpha value is -2.08. The van der Waals surface area contributed by atoms with E-state index < -0.39 is 12.1 Å². The summed E-state index contributed by atoms with van der Waals surface area (Å²) >= 11 is 0. The largest absolute Gasteiger partial charge is 0.497 e. The first kappa shape index (κ1) is 17.3. The third-order valence-electron chi connectivity index (χ3n) is 3.98. The molecule has 126 valence electrons. The number of methoxy groups -OCH3 is 1. The molecule has 1 fully saturated rings. The average molecular weight is 320 g/mol. The topological polar surface area (TPSA) is 67.9 Å². The zero-order valence-electron chi connectivity index (χ0n) is 13.9. The van der Waals surface area contributed by atoms with Crippen LogP contribution in [0.5, 0.6) is 5.75 Å². The minimum atomic E-state index is -0.596. The van der Waals surface area contributed by atoms with Gasteiger partial charge < -0.3 is 19.7 Å². The Morgan fingerprint density at radius 1 is 1.48 bits per heavy atom. The van der Waals surface area contributed by atoms with Crippen molar-refractivity contribution < 1.29 is 19.1 Å². The molecule has 1 aliphatic rings. The molecule has 1 saturated heterocycles. The van der Waals surface area contributed by atoms with E-state index in [1.54, 1.807) is 18.9 Å². The van der Waals surface area contributed by atoms with Crippen LogP contribution in [0.1, 0.15) is 25.8 Å². The number of nitrogens with zero attached hydrogens (tertiary/aromatic N) is 1. The molecule has 6 heteroatoms. The van der Waals surface area contributed by atoms with Crippen molar-refractivity contribution in [2.45, 2.75) is 39.0 Å². The maximum absolute atomic E-state index is 12.6. The number of hydrogen-bond donors (Lipinski definition) is 1. The second-order valence-electron chi connectivity index (χ2n) is 5.55. The van der Waals surface area contributed by atoms with Crippen molar-refractivity contribution >= 4 is 11.8 Å². The highest BCUT2D eigenvalue weighted by Gasteiger charge is 2.33. The monoisotopic (exact) mass is 320 g/mol. The standard InChI is InChI=1S/C17H24N2O4/c1-4-15-16(20)18-8-9-19(15)17(21)12(2)23-11-13-6-5-7-14(10-13)22-3/h5-7,10,12,15H,4,8-9,11H2,1-3H3,(H,18,20). The molecule has 2 amide bonds. The van der Waals surface area contributed by atoms with Gasteiger partial charge >= 0.3 is 0 Å². The second kappa shape index (κ2) is 7.97. The van der Waals surface area contributed by atoms with Gasteiger partial charge in [-0.2, -0.15) is 0 Å². The van der Waals surface area contributed by atoms with E-state index in [9.17, 15) is 9.59 Å². The van der Waals surface area contributed by atoms with Crippen LogP contribution in [0.3, 0.4) is 0 Å². The molecule has 0 aromatic heterocycles. The van der Waals surface area contributed by atoms with Gasteiger partial charge in [0.15, 0.2) is 0 Å². The number of amides is 2. The van der Waals surface area contributed by atoms with Gasteiger partial charge in [0.05, 0.1) is 13.7 Å². The Kier molecular flexibility index (Phi) is 5.98. The summed E-state index contributed by atoms with van der Waals surface area (Å²) in [5.74, 6) is 0.519. The lowest BCUT2D eigenvalue weighted by atomic mass is 10.1. The van der Waals surface area contributed by atoms with Crippen LogP contribution < -0.4 is 10.1 Å². The summed E-state index contributed by atoms with van der Waals surface area (Å²) in [6.07, 6.45) is 0.00124. The van der Waals surface area contributed by atoms with Crippen LogP contribution in [0.15, 0.2) is 24.3 Å². The average Bonchev–Trinajstić information content (AvgIpc) is 2.58. The number of benzene rings is 1. The Morgan fingerprint density at radius 2 is 2.26 bits per heavy atom. The fraction of sp³-hybridized carbons (Fsp3) is 0.529. The molecule has 2 unspecified atom stereocenters. The molecular formula is C17H24N2O4. The molecule has 0 saturated carbocycles. The Morgan fingerprint density at radius 3 is 2.96 bits per heavy atom. The van der Waals surface area contributed by atoms with Gasteiger partial charge in [0.25, 0.3) is 5.91 Å². The highest BCUT2D eigenvalue weighted by atomic mass is 16.5. The third-order valence-corrected chi connectivity index (χ3v) is 3.98. The van der Waals surface area contributed by atoms with Gasteiger partial charge in [-0.1, -0.05) is 19.1 Å². The van der Waals surface area contributed by atoms with Crippen molar-refractivity contribution in [1.82, 2.24) is 10.2 Å². The van der Waals surface area contributed by atoms with E-state index in [4.69, 9.17) is 9.47 Å². The maximum atomic E-state index is 12.6. The van der Waals surface area contributed by atoms with Crippen LogP contribution in [0.2, 0.25) is 0 Å². The van der Waals surface area contributed by atoms with Crippen LogP contribution in [-0.2, 0) is 20.9 Å². The number of hydrogen-bond acceptors (Lipinski definition) is 4. The molecule has 0 aliphatic carbocycles. The van der Waals surface area contributed by atoms with E-state index in [-0.39, 0.29) is 11.8 Å². The summed E-state index contributed by atoms with van der Waals surface area (Å²) in [6.45, 7) is 4.96. The molecule has 2 atom stereocenters. The molecule has 1 aliphatic heterocycles. The first-order chi connectivity index (χ1) is 11.1. The number of ether oxygens (including phenoxy) is 2. The predicted octanol–water partition coefficient (Wildman–Crippen LogP) is 1.34. The Labute approximate surface area is 136 Å². The van der Waals surface area contributed by atoms with Gasteiger partial charge in [-0.3, -0.25) is 9.59 Å². The zero-order valence-corrected chi connectivity index (χ0v) is 13.9. The van der Waals surface area contributed by atoms with Crippen molar-refractivity contribution in [2.75, 3.05) is 20.2 Å². The lowest BCUT2D eigenvalue weighted by Crippen LogP contribution is -2.58. The number of nitrogens with one attached hydrogen (secondary N) is 1. The lowest BCUT2D eigenvalue weighted by Gasteiger charge is -2.36. The van der Waals surface area contributed by atoms with E-state index in [0.29, 0.717) is 26.1 Å². The quantitative estimate of drug-likeness (QED) is 0.859. The number of piperazine rings is 1. The third kappa shape index (κ3) is 4.22. The van der Waals surface area contributed by atoms with Gasteiger partial charge in [0.1, 0.15) is 17.9 Å². The summed E-state index contributed by atoms with van der Waals surface area (Å²) < 4.78 is 10.9. The predicted molar refractivity (Wildman–Crippen MR) is 86.0 cm³/mol. The minimum absolute atomic E-state index is 0.0907. The normalized spacial score (nSPS) is 19.2.